The maximum atomic E-state index is 14.8. The molecule has 0 radical (unpaired) electrons. The highest BCUT2D eigenvalue weighted by molar-refractivity contribution is 5.66. The summed E-state index contributed by atoms with van der Waals surface area (Å²) in [6, 6.07) is 8.23. The molecule has 3 aromatic rings. The molecule has 186 valence electrons. The Morgan fingerprint density at radius 1 is 0.800 bits per heavy atom. The third-order valence-electron chi connectivity index (χ3n) is 6.61. The molecule has 0 saturated heterocycles. The summed E-state index contributed by atoms with van der Waals surface area (Å²) < 4.78 is 90.6. The van der Waals surface area contributed by atoms with Crippen molar-refractivity contribution in [2.45, 2.75) is 58.5 Å². The second-order valence-electron chi connectivity index (χ2n) is 9.20. The molecule has 35 heavy (non-hydrogen) atoms. The minimum Gasteiger partial charge on any atom is -0.429 e. The average molecular weight is 493 g/mol. The minimum absolute atomic E-state index is 0.115. The second-order valence-corrected chi connectivity index (χ2v) is 9.20. The summed E-state index contributed by atoms with van der Waals surface area (Å²) in [5, 5.41) is 0. The normalized spacial score (nSPS) is 15.4. The first-order valence-electron chi connectivity index (χ1n) is 11.7. The first-order chi connectivity index (χ1) is 16.6. The van der Waals surface area contributed by atoms with Gasteiger partial charge in [-0.25, -0.2) is 17.6 Å². The second kappa shape index (κ2) is 9.96. The Bertz CT molecular complexity index is 1190. The number of alkyl halides is 2. The van der Waals surface area contributed by atoms with E-state index in [4.69, 9.17) is 0 Å². The quantitative estimate of drug-likeness (QED) is 0.226. The van der Waals surface area contributed by atoms with E-state index < -0.39 is 40.7 Å². The van der Waals surface area contributed by atoms with Crippen LogP contribution in [0.5, 0.6) is 5.75 Å². The van der Waals surface area contributed by atoms with Crippen molar-refractivity contribution in [3.05, 3.63) is 88.0 Å². The van der Waals surface area contributed by atoms with Gasteiger partial charge in [-0.05, 0) is 66.5 Å². The van der Waals surface area contributed by atoms with Crippen LogP contribution in [0.4, 0.5) is 26.3 Å². The van der Waals surface area contributed by atoms with Crippen molar-refractivity contribution >= 4 is 0 Å². The van der Waals surface area contributed by atoms with Gasteiger partial charge < -0.3 is 4.74 Å². The van der Waals surface area contributed by atoms with Crippen LogP contribution in [-0.4, -0.2) is 0 Å². The third kappa shape index (κ3) is 5.34. The number of benzene rings is 3. The first kappa shape index (κ1) is 25.1. The molecule has 0 bridgehead atoms. The number of ether oxygens (including phenoxy) is 1. The largest absolute Gasteiger partial charge is 0.432 e. The minimum atomic E-state index is -4.50. The Labute approximate surface area is 200 Å². The fraction of sp³-hybridized carbons (Fsp3) is 0.357. The third-order valence-corrected chi connectivity index (χ3v) is 6.61. The van der Waals surface area contributed by atoms with Crippen LogP contribution in [-0.2, 0) is 19.0 Å². The molecule has 1 unspecified atom stereocenters. The molecular weight excluding hydrogens is 466 g/mol. The molecule has 1 aliphatic rings. The molecule has 0 aliphatic heterocycles. The summed E-state index contributed by atoms with van der Waals surface area (Å²) in [5.41, 5.74) is 0.929. The molecule has 0 spiro atoms. The van der Waals surface area contributed by atoms with Gasteiger partial charge in [-0.3, -0.25) is 0 Å². The Hall–Kier alpha value is -2.96. The van der Waals surface area contributed by atoms with E-state index in [9.17, 15) is 26.3 Å². The van der Waals surface area contributed by atoms with Crippen LogP contribution in [0.3, 0.4) is 0 Å². The van der Waals surface area contributed by atoms with E-state index in [1.807, 2.05) is 12.1 Å². The molecule has 0 N–H and O–H groups in total. The van der Waals surface area contributed by atoms with Crippen LogP contribution in [0.1, 0.15) is 54.9 Å². The maximum Gasteiger partial charge on any atom is 0.432 e. The molecule has 0 heterocycles. The van der Waals surface area contributed by atoms with Gasteiger partial charge in [-0.15, -0.1) is 0 Å². The van der Waals surface area contributed by atoms with E-state index in [2.05, 4.69) is 11.7 Å². The summed E-state index contributed by atoms with van der Waals surface area (Å²) in [6.45, 7) is 3.28. The summed E-state index contributed by atoms with van der Waals surface area (Å²) in [6.07, 6.45) is 1.98. The summed E-state index contributed by atoms with van der Waals surface area (Å²) in [5.74, 6) is -5.61. The summed E-state index contributed by atoms with van der Waals surface area (Å²) in [4.78, 5) is 0. The van der Waals surface area contributed by atoms with Gasteiger partial charge in [0.05, 0.1) is 0 Å². The van der Waals surface area contributed by atoms with Crippen LogP contribution in [0.15, 0.2) is 42.5 Å². The molecule has 3 aromatic carbocycles. The lowest BCUT2D eigenvalue weighted by Crippen LogP contribution is -2.25. The molecule has 1 nitrogen and oxygen atoms in total. The van der Waals surface area contributed by atoms with Crippen molar-refractivity contribution in [1.82, 2.24) is 0 Å². The van der Waals surface area contributed by atoms with Crippen molar-refractivity contribution < 1.29 is 31.1 Å². The van der Waals surface area contributed by atoms with E-state index in [1.54, 1.807) is 6.07 Å². The Morgan fingerprint density at radius 3 is 2.06 bits per heavy atom. The molecule has 7 heteroatoms. The van der Waals surface area contributed by atoms with E-state index in [1.165, 1.54) is 12.0 Å². The van der Waals surface area contributed by atoms with Gasteiger partial charge in [-0.2, -0.15) is 8.78 Å². The zero-order valence-electron chi connectivity index (χ0n) is 19.5. The van der Waals surface area contributed by atoms with Crippen molar-refractivity contribution in [3.8, 4) is 16.9 Å². The highest BCUT2D eigenvalue weighted by atomic mass is 19.3. The molecule has 0 aromatic heterocycles. The number of fused-ring (bicyclic) bond motifs is 1. The highest BCUT2D eigenvalue weighted by Crippen LogP contribution is 2.39. The highest BCUT2D eigenvalue weighted by Gasteiger charge is 2.41. The number of hydrogen-bond acceptors (Lipinski definition) is 1. The Kier molecular flexibility index (Phi) is 7.15. The van der Waals surface area contributed by atoms with Crippen LogP contribution in [0.25, 0.3) is 11.1 Å². The lowest BCUT2D eigenvalue weighted by atomic mass is 9.98. The standard InChI is InChI=1S/C28H26F6O/c1-3-4-5-6-17-9-18-7-8-19(11-20(18)10-17)21-12-25(31)27(26(32)13-21)28(33,34)35-22-14-23(29)16(2)24(30)15-22/h7-8,11-15,17H,3-6,9-10H2,1-2H3. The number of halogens is 6. The smallest absolute Gasteiger partial charge is 0.429 e. The molecule has 4 rings (SSSR count). The van der Waals surface area contributed by atoms with Crippen molar-refractivity contribution in [3.63, 3.8) is 0 Å². The maximum absolute atomic E-state index is 14.8. The zero-order chi connectivity index (χ0) is 25.3. The first-order valence-corrected chi connectivity index (χ1v) is 11.7. The molecule has 0 amide bonds. The predicted octanol–water partition coefficient (Wildman–Crippen LogP) is 8.64. The van der Waals surface area contributed by atoms with Crippen molar-refractivity contribution in [2.24, 2.45) is 5.92 Å². The van der Waals surface area contributed by atoms with E-state index >= 15 is 0 Å². The molecule has 0 saturated carbocycles. The van der Waals surface area contributed by atoms with Gasteiger partial charge in [0.1, 0.15) is 34.6 Å². The zero-order valence-corrected chi connectivity index (χ0v) is 19.5. The van der Waals surface area contributed by atoms with Crippen LogP contribution in [0, 0.1) is 36.1 Å². The topological polar surface area (TPSA) is 9.23 Å². The predicted molar refractivity (Wildman–Crippen MR) is 122 cm³/mol. The van der Waals surface area contributed by atoms with Crippen molar-refractivity contribution in [1.29, 1.82) is 0 Å². The molecule has 1 atom stereocenters. The average Bonchev–Trinajstić information content (AvgIpc) is 3.18. The summed E-state index contributed by atoms with van der Waals surface area (Å²) >= 11 is 0. The van der Waals surface area contributed by atoms with Gasteiger partial charge in [-0.1, -0.05) is 44.4 Å². The lowest BCUT2D eigenvalue weighted by Gasteiger charge is -2.20. The number of hydrogen-bond donors (Lipinski definition) is 0. The molecule has 0 fully saturated rings. The molecular formula is C28H26F6O. The fourth-order valence-electron chi connectivity index (χ4n) is 4.67. The van der Waals surface area contributed by atoms with Gasteiger partial charge in [0.25, 0.3) is 0 Å². The van der Waals surface area contributed by atoms with Crippen LogP contribution >= 0.6 is 0 Å². The Balaban J connectivity index is 1.57. The molecule has 1 aliphatic carbocycles. The van der Waals surface area contributed by atoms with E-state index in [-0.39, 0.29) is 11.1 Å². The van der Waals surface area contributed by atoms with Gasteiger partial charge in [0.2, 0.25) is 0 Å². The van der Waals surface area contributed by atoms with E-state index in [0.717, 1.165) is 56.7 Å². The fourth-order valence-corrected chi connectivity index (χ4v) is 4.67. The lowest BCUT2D eigenvalue weighted by molar-refractivity contribution is -0.189. The number of unbranched alkanes of at least 4 members (excludes halogenated alkanes) is 2. The van der Waals surface area contributed by atoms with Crippen molar-refractivity contribution in [2.75, 3.05) is 0 Å². The van der Waals surface area contributed by atoms with Gasteiger partial charge in [0, 0.05) is 17.7 Å². The number of rotatable bonds is 8. The van der Waals surface area contributed by atoms with Crippen LogP contribution < -0.4 is 4.74 Å². The summed E-state index contributed by atoms with van der Waals surface area (Å²) in [7, 11) is 0. The SMILES string of the molecule is CCCCCC1Cc2ccc(-c3cc(F)c(C(F)(F)Oc4cc(F)c(C)c(F)c4)c(F)c3)cc2C1. The monoisotopic (exact) mass is 492 g/mol. The van der Waals surface area contributed by atoms with Gasteiger partial charge >= 0.3 is 6.11 Å². The van der Waals surface area contributed by atoms with Gasteiger partial charge in [0.15, 0.2) is 0 Å². The Morgan fingerprint density at radius 2 is 1.43 bits per heavy atom. The van der Waals surface area contributed by atoms with Crippen LogP contribution in [0.2, 0.25) is 0 Å². The van der Waals surface area contributed by atoms with E-state index in [0.29, 0.717) is 23.6 Å².